The summed E-state index contributed by atoms with van der Waals surface area (Å²) in [5.74, 6) is -27.2. The number of hydrogen-bond acceptors (Lipinski definition) is 16. The van der Waals surface area contributed by atoms with Crippen molar-refractivity contribution in [3.8, 4) is 11.5 Å². The number of anilines is 1. The number of allylic oxidation sites excluding steroid dienone is 3. The van der Waals surface area contributed by atoms with Crippen LogP contribution in [0.5, 0.6) is 11.5 Å². The Bertz CT molecular complexity index is 2880. The number of alkyl halides is 3. The highest BCUT2D eigenvalue weighted by atomic mass is 19.4. The number of hydrogen-bond donors (Lipinski definition) is 10. The van der Waals surface area contributed by atoms with Crippen molar-refractivity contribution in [1.82, 2.24) is 9.80 Å². The number of aliphatic hydroxyl groups is 6. The Morgan fingerprint density at radius 2 is 1.27 bits per heavy atom. The van der Waals surface area contributed by atoms with E-state index in [2.05, 4.69) is 0 Å². The number of fused-ring (bicyclic) bond motifs is 6. The van der Waals surface area contributed by atoms with E-state index in [9.17, 15) is 82.8 Å². The number of benzene rings is 2. The number of phenolic OH excluding ortho intramolecular Hbond substituents is 2. The van der Waals surface area contributed by atoms with Crippen molar-refractivity contribution in [3.05, 3.63) is 104 Å². The Labute approximate surface area is 373 Å². The van der Waals surface area contributed by atoms with E-state index in [1.807, 2.05) is 5.32 Å². The minimum atomic E-state index is -5.15. The third-order valence-corrected chi connectivity index (χ3v) is 14.0. The first-order valence-electron chi connectivity index (χ1n) is 20.2. The number of ketones is 4. The third kappa shape index (κ3) is 6.06. The average Bonchev–Trinajstić information content (AvgIpc) is 3.20. The van der Waals surface area contributed by atoms with Crippen LogP contribution in [0.4, 0.5) is 27.6 Å². The van der Waals surface area contributed by atoms with Crippen LogP contribution in [0.3, 0.4) is 0 Å². The molecule has 2 amide bonds. The van der Waals surface area contributed by atoms with Crippen LogP contribution in [0.15, 0.2) is 81.7 Å². The predicted molar refractivity (Wildman–Crippen MR) is 217 cm³/mol. The van der Waals surface area contributed by atoms with Gasteiger partial charge in [-0.2, -0.15) is 22.0 Å². The maximum atomic E-state index is 15.1. The van der Waals surface area contributed by atoms with Gasteiger partial charge in [-0.3, -0.25) is 38.6 Å². The van der Waals surface area contributed by atoms with Crippen molar-refractivity contribution in [2.75, 3.05) is 33.5 Å². The summed E-state index contributed by atoms with van der Waals surface area (Å²) in [7, 11) is 5.11. The molecule has 0 unspecified atom stereocenters. The van der Waals surface area contributed by atoms with Crippen LogP contribution in [0, 0.1) is 23.7 Å². The molecule has 6 aliphatic rings. The third-order valence-electron chi connectivity index (χ3n) is 14.0. The van der Waals surface area contributed by atoms with Gasteiger partial charge in [-0.15, -0.1) is 0 Å². The molecule has 0 heterocycles. The fourth-order valence-electron chi connectivity index (χ4n) is 11.2. The van der Waals surface area contributed by atoms with Crippen molar-refractivity contribution in [2.24, 2.45) is 29.4 Å². The molecular weight excluding hydrogens is 903 g/mol. The molecule has 9 atom stereocenters. The van der Waals surface area contributed by atoms with Crippen molar-refractivity contribution >= 4 is 46.2 Å². The zero-order chi connectivity index (χ0) is 49.6. The second-order valence-electron chi connectivity index (χ2n) is 17.7. The number of aliphatic hydroxyl groups excluding tert-OH is 4. The summed E-state index contributed by atoms with van der Waals surface area (Å²) >= 11 is 0. The van der Waals surface area contributed by atoms with E-state index in [1.54, 1.807) is 0 Å². The molecule has 67 heavy (non-hydrogen) atoms. The number of carbonyl (C=O) groups excluding carboxylic acids is 6. The van der Waals surface area contributed by atoms with Crippen LogP contribution in [-0.4, -0.2) is 143 Å². The Morgan fingerprint density at radius 1 is 0.746 bits per heavy atom. The van der Waals surface area contributed by atoms with Gasteiger partial charge < -0.3 is 51.9 Å². The molecule has 0 saturated heterocycles. The molecule has 11 N–H and O–H groups in total. The molecule has 0 spiro atoms. The molecule has 0 fully saturated rings. The van der Waals surface area contributed by atoms with Crippen molar-refractivity contribution in [1.29, 1.82) is 0 Å². The summed E-state index contributed by atoms with van der Waals surface area (Å²) in [4.78, 5) is 85.1. The van der Waals surface area contributed by atoms with Crippen LogP contribution in [0.2, 0.25) is 0 Å². The molecule has 23 heteroatoms. The fraction of sp³-hybridized carbons (Fsp3) is 0.364. The minimum Gasteiger partial charge on any atom is -0.510 e. The van der Waals surface area contributed by atoms with Gasteiger partial charge in [0.25, 0.3) is 17.9 Å². The molecule has 2 aromatic rings. The molecule has 0 aromatic heterocycles. The summed E-state index contributed by atoms with van der Waals surface area (Å²) in [6.45, 7) is 0. The number of nitrogens with zero attached hydrogens (tertiary/aromatic N) is 2. The number of rotatable bonds is 5. The molecule has 354 valence electrons. The number of amides is 2. The number of carbonyl (C=O) groups is 6. The SMILES string of the molecule is CN(C)[C@@H]1C(O)=C(C(N)=O)C(=O)[C@@]2(O)C(O)=C3C(=O)c4c(ccc(NC(=O)C5=C(O)[C@@H](N(C)C)[C@@H]6C[C@H]7C(=C(O)[C@]6(O)C5=O)C(=O)c5c(O)cccc5[C@@H]7C(F)(F)F)c4O)C(=C(F)F)[C@H]3C[C@@H]12. The first-order valence-corrected chi connectivity index (χ1v) is 20.2. The molecule has 0 bridgehead atoms. The van der Waals surface area contributed by atoms with E-state index in [0.717, 1.165) is 35.2 Å². The van der Waals surface area contributed by atoms with Gasteiger partial charge in [-0.05, 0) is 64.3 Å². The van der Waals surface area contributed by atoms with E-state index in [4.69, 9.17) is 5.73 Å². The van der Waals surface area contributed by atoms with Crippen molar-refractivity contribution in [2.45, 2.75) is 48.2 Å². The van der Waals surface area contributed by atoms with E-state index < -0.39 is 203 Å². The molecule has 6 aliphatic carbocycles. The van der Waals surface area contributed by atoms with Crippen LogP contribution in [0.25, 0.3) is 5.57 Å². The van der Waals surface area contributed by atoms with Crippen LogP contribution < -0.4 is 11.1 Å². The van der Waals surface area contributed by atoms with Gasteiger partial charge in [0, 0.05) is 40.4 Å². The number of likely N-dealkylation sites (N-methyl/N-ethyl adjacent to an activating group) is 2. The predicted octanol–water partition coefficient (Wildman–Crippen LogP) is 2.88. The molecule has 0 aliphatic heterocycles. The van der Waals surface area contributed by atoms with Crippen molar-refractivity contribution < 1.29 is 91.6 Å². The number of Topliss-reactive ketones (excluding diaryl/α,β-unsaturated/α-hetero) is 4. The maximum absolute atomic E-state index is 15.1. The number of phenols is 2. The lowest BCUT2D eigenvalue weighted by atomic mass is 9.56. The van der Waals surface area contributed by atoms with Gasteiger partial charge in [-0.25, -0.2) is 0 Å². The number of nitrogens with one attached hydrogen (secondary N) is 1. The molecule has 0 saturated carbocycles. The molecule has 8 rings (SSSR count). The summed E-state index contributed by atoms with van der Waals surface area (Å²) in [6, 6.07) is 1.20. The Hall–Kier alpha value is -6.95. The van der Waals surface area contributed by atoms with E-state index >= 15 is 8.78 Å². The average molecular weight is 943 g/mol. The number of halogens is 5. The monoisotopic (exact) mass is 942 g/mol. The van der Waals surface area contributed by atoms with Gasteiger partial charge in [0.2, 0.25) is 11.6 Å². The van der Waals surface area contributed by atoms with E-state index in [-0.39, 0.29) is 0 Å². The van der Waals surface area contributed by atoms with Gasteiger partial charge in [-0.1, -0.05) is 18.2 Å². The van der Waals surface area contributed by atoms with Gasteiger partial charge in [0.15, 0.2) is 28.5 Å². The first kappa shape index (κ1) is 46.6. The Kier molecular flexibility index (Phi) is 10.5. The molecular formula is C44H39F5N4O14. The largest absolute Gasteiger partial charge is 0.510 e. The topological polar surface area (TPSA) is 309 Å². The molecule has 18 nitrogen and oxygen atoms in total. The van der Waals surface area contributed by atoms with Crippen LogP contribution >= 0.6 is 0 Å². The zero-order valence-electron chi connectivity index (χ0n) is 35.2. The van der Waals surface area contributed by atoms with E-state index in [0.29, 0.717) is 0 Å². The zero-order valence-corrected chi connectivity index (χ0v) is 35.2. The number of primary amides is 1. The second-order valence-corrected chi connectivity index (χ2v) is 17.7. The standard InChI is InChI=1S/C44H39F5N4O14/c1-52(2)28-16-10-14-20(39(45)46)12-8-9-18(30(55)22(12)32(57)23(14)35(60)42(16,66)37(62)25(33(28)58)40(50)64)51-41(65)26-34(59)29(53(3)4)17-11-15-24(36(61)43(17,67)38(26)63)31(56)21-13(6-5-7-19(21)54)27(15)44(47,48)49/h5-9,14-17,27-29,54-55,58-61,66-67H,10-11H2,1-4H3,(H2,50,64)(H,51,65)/t14-,15+,16+,17+,27+,28+,29+,42+,43+/m1/s1. The van der Waals surface area contributed by atoms with E-state index in [1.165, 1.54) is 33.1 Å². The first-order chi connectivity index (χ1) is 31.1. The van der Waals surface area contributed by atoms with Crippen LogP contribution in [-0.2, 0) is 19.2 Å². The van der Waals surface area contributed by atoms with Gasteiger partial charge in [0.05, 0.1) is 34.8 Å². The summed E-state index contributed by atoms with van der Waals surface area (Å²) in [5.41, 5.74) is -11.2. The summed E-state index contributed by atoms with van der Waals surface area (Å²) in [5, 5.41) is 94.2. The second kappa shape index (κ2) is 15.0. The Morgan fingerprint density at radius 3 is 1.81 bits per heavy atom. The quantitative estimate of drug-likeness (QED) is 0.117. The number of aromatic hydroxyl groups is 2. The lowest BCUT2D eigenvalue weighted by Crippen LogP contribution is -2.64. The smallest absolute Gasteiger partial charge is 0.396 e. The minimum absolute atomic E-state index is 0.659. The number of nitrogens with two attached hydrogens (primary N) is 1. The molecule has 2 aromatic carbocycles. The highest BCUT2D eigenvalue weighted by Gasteiger charge is 2.67. The highest BCUT2D eigenvalue weighted by molar-refractivity contribution is 6.29. The fourth-order valence-corrected chi connectivity index (χ4v) is 11.2. The highest BCUT2D eigenvalue weighted by Crippen LogP contribution is 2.60. The normalized spacial score (nSPS) is 30.5. The van der Waals surface area contributed by atoms with Gasteiger partial charge in [0.1, 0.15) is 39.9 Å². The lowest BCUT2D eigenvalue weighted by Gasteiger charge is -2.51. The Balaban J connectivity index is 1.23. The van der Waals surface area contributed by atoms with Crippen LogP contribution in [0.1, 0.15) is 50.6 Å². The summed E-state index contributed by atoms with van der Waals surface area (Å²) in [6.07, 6.45) is -9.31. The molecule has 0 radical (unpaired) electrons. The van der Waals surface area contributed by atoms with Crippen molar-refractivity contribution in [3.63, 3.8) is 0 Å². The maximum Gasteiger partial charge on any atom is 0.396 e. The van der Waals surface area contributed by atoms with Gasteiger partial charge >= 0.3 is 6.18 Å². The summed E-state index contributed by atoms with van der Waals surface area (Å²) < 4.78 is 75.0. The lowest BCUT2D eigenvalue weighted by molar-refractivity contribution is -0.169.